The number of Topliss-reactive ketones (excluding diaryl/α,β-unsaturated/α-hetero) is 1. The standard InChI is InChI=1S/C29H23F2N3O4/c1-38-29(37)22-10-23(30)14-24(11-22)34-28(36)20-4-2-3-17(9-20)25-12-19(5-6-21(25)15-32)27(35)13-18-7-8-33-16-26(18)31/h2-12,14,16H,13,15,32H2,1H3,(H,34,36). The first-order chi connectivity index (χ1) is 18.3. The molecule has 38 heavy (non-hydrogen) atoms. The van der Waals surface area contributed by atoms with Gasteiger partial charge < -0.3 is 15.8 Å². The van der Waals surface area contributed by atoms with E-state index in [0.717, 1.165) is 23.9 Å². The Morgan fingerprint density at radius 2 is 1.74 bits per heavy atom. The number of nitrogens with one attached hydrogen (secondary N) is 1. The Bertz CT molecular complexity index is 1540. The molecule has 0 saturated carbocycles. The summed E-state index contributed by atoms with van der Waals surface area (Å²) in [7, 11) is 1.17. The summed E-state index contributed by atoms with van der Waals surface area (Å²) >= 11 is 0. The van der Waals surface area contributed by atoms with Crippen LogP contribution >= 0.6 is 0 Å². The van der Waals surface area contributed by atoms with Crippen molar-refractivity contribution in [2.24, 2.45) is 5.73 Å². The average molecular weight is 516 g/mol. The number of hydrogen-bond acceptors (Lipinski definition) is 6. The van der Waals surface area contributed by atoms with E-state index in [1.165, 1.54) is 25.4 Å². The lowest BCUT2D eigenvalue weighted by molar-refractivity contribution is 0.0599. The zero-order valence-electron chi connectivity index (χ0n) is 20.3. The summed E-state index contributed by atoms with van der Waals surface area (Å²) in [6, 6.07) is 16.5. The predicted octanol–water partition coefficient (Wildman–Crippen LogP) is 4.95. The lowest BCUT2D eigenvalue weighted by Gasteiger charge is -2.13. The van der Waals surface area contributed by atoms with Gasteiger partial charge in [-0.05, 0) is 64.7 Å². The lowest BCUT2D eigenvalue weighted by atomic mass is 9.93. The molecule has 7 nitrogen and oxygen atoms in total. The molecule has 1 aromatic heterocycles. The molecule has 192 valence electrons. The van der Waals surface area contributed by atoms with Gasteiger partial charge in [0.25, 0.3) is 5.91 Å². The van der Waals surface area contributed by atoms with Gasteiger partial charge in [0.1, 0.15) is 11.6 Å². The first-order valence-corrected chi connectivity index (χ1v) is 11.5. The van der Waals surface area contributed by atoms with Crippen molar-refractivity contribution in [3.05, 3.63) is 119 Å². The predicted molar refractivity (Wildman–Crippen MR) is 138 cm³/mol. The van der Waals surface area contributed by atoms with Crippen molar-refractivity contribution in [3.63, 3.8) is 0 Å². The number of halogens is 2. The van der Waals surface area contributed by atoms with Crippen molar-refractivity contribution in [2.45, 2.75) is 13.0 Å². The minimum atomic E-state index is -0.739. The highest BCUT2D eigenvalue weighted by molar-refractivity contribution is 6.06. The van der Waals surface area contributed by atoms with Crippen molar-refractivity contribution in [2.75, 3.05) is 12.4 Å². The van der Waals surface area contributed by atoms with E-state index in [2.05, 4.69) is 15.0 Å². The van der Waals surface area contributed by atoms with Crippen LogP contribution in [0.15, 0.2) is 79.1 Å². The van der Waals surface area contributed by atoms with Gasteiger partial charge in [0.15, 0.2) is 5.78 Å². The number of nitrogens with zero attached hydrogens (tertiary/aromatic N) is 1. The number of methoxy groups -OCH3 is 1. The highest BCUT2D eigenvalue weighted by Crippen LogP contribution is 2.27. The second kappa shape index (κ2) is 11.5. The third kappa shape index (κ3) is 5.96. The molecule has 0 atom stereocenters. The molecule has 0 aliphatic heterocycles. The summed E-state index contributed by atoms with van der Waals surface area (Å²) in [6.45, 7) is 0.179. The van der Waals surface area contributed by atoms with Crippen LogP contribution in [-0.2, 0) is 17.7 Å². The fraction of sp³-hybridized carbons (Fsp3) is 0.103. The molecule has 0 spiro atoms. The minimum absolute atomic E-state index is 0.0442. The van der Waals surface area contributed by atoms with Crippen LogP contribution < -0.4 is 11.1 Å². The molecule has 0 fully saturated rings. The van der Waals surface area contributed by atoms with Gasteiger partial charge in [-0.1, -0.05) is 24.3 Å². The molecule has 0 aliphatic rings. The summed E-state index contributed by atoms with van der Waals surface area (Å²) in [5.74, 6) is -2.84. The second-order valence-corrected chi connectivity index (χ2v) is 8.40. The molecule has 0 aliphatic carbocycles. The van der Waals surface area contributed by atoms with Crippen LogP contribution in [0, 0.1) is 11.6 Å². The van der Waals surface area contributed by atoms with Gasteiger partial charge in [0.2, 0.25) is 0 Å². The molecular weight excluding hydrogens is 492 g/mol. The maximum atomic E-state index is 14.0. The molecule has 4 aromatic rings. The molecule has 3 aromatic carbocycles. The zero-order valence-corrected chi connectivity index (χ0v) is 20.3. The quantitative estimate of drug-likeness (QED) is 0.254. The summed E-state index contributed by atoms with van der Waals surface area (Å²) < 4.78 is 32.6. The topological polar surface area (TPSA) is 111 Å². The largest absolute Gasteiger partial charge is 0.465 e. The monoisotopic (exact) mass is 515 g/mol. The van der Waals surface area contributed by atoms with Gasteiger partial charge in [-0.15, -0.1) is 0 Å². The third-order valence-electron chi connectivity index (χ3n) is 5.87. The van der Waals surface area contributed by atoms with Crippen LogP contribution in [0.2, 0.25) is 0 Å². The Hall–Kier alpha value is -4.76. The molecule has 1 heterocycles. The van der Waals surface area contributed by atoms with E-state index < -0.39 is 23.5 Å². The van der Waals surface area contributed by atoms with Crippen LogP contribution in [0.1, 0.15) is 42.2 Å². The van der Waals surface area contributed by atoms with Crippen LogP contribution in [0.5, 0.6) is 0 Å². The number of rotatable bonds is 8. The lowest BCUT2D eigenvalue weighted by Crippen LogP contribution is -2.13. The number of ketones is 1. The number of carbonyl (C=O) groups excluding carboxylic acids is 3. The van der Waals surface area contributed by atoms with Gasteiger partial charge in [-0.3, -0.25) is 14.6 Å². The van der Waals surface area contributed by atoms with E-state index >= 15 is 0 Å². The minimum Gasteiger partial charge on any atom is -0.465 e. The third-order valence-corrected chi connectivity index (χ3v) is 5.87. The number of hydrogen-bond donors (Lipinski definition) is 2. The molecular formula is C29H23F2N3O4. The summed E-state index contributed by atoms with van der Waals surface area (Å²) in [5.41, 5.74) is 8.82. The second-order valence-electron chi connectivity index (χ2n) is 8.40. The highest BCUT2D eigenvalue weighted by Gasteiger charge is 2.16. The van der Waals surface area contributed by atoms with E-state index in [9.17, 15) is 23.2 Å². The molecule has 1 amide bonds. The maximum absolute atomic E-state index is 14.0. The molecule has 3 N–H and O–H groups in total. The van der Waals surface area contributed by atoms with E-state index in [0.29, 0.717) is 16.7 Å². The Kier molecular flexibility index (Phi) is 7.98. The number of esters is 1. The van der Waals surface area contributed by atoms with Crippen LogP contribution in [-0.4, -0.2) is 29.8 Å². The van der Waals surface area contributed by atoms with Crippen molar-refractivity contribution < 1.29 is 27.9 Å². The molecule has 0 saturated heterocycles. The Balaban J connectivity index is 1.61. The van der Waals surface area contributed by atoms with E-state index in [-0.39, 0.29) is 41.1 Å². The number of nitrogens with two attached hydrogens (primary N) is 1. The molecule has 4 rings (SSSR count). The Morgan fingerprint density at radius 1 is 0.921 bits per heavy atom. The van der Waals surface area contributed by atoms with Gasteiger partial charge in [-0.25, -0.2) is 13.6 Å². The zero-order chi connectivity index (χ0) is 27.2. The first-order valence-electron chi connectivity index (χ1n) is 11.5. The number of ether oxygens (including phenoxy) is 1. The molecule has 0 unspecified atom stereocenters. The number of pyridine rings is 1. The number of aromatic nitrogens is 1. The van der Waals surface area contributed by atoms with Crippen LogP contribution in [0.25, 0.3) is 11.1 Å². The van der Waals surface area contributed by atoms with Gasteiger partial charge in [0.05, 0.1) is 18.9 Å². The van der Waals surface area contributed by atoms with Gasteiger partial charge >= 0.3 is 5.97 Å². The Labute approximate surface area is 217 Å². The van der Waals surface area contributed by atoms with Gasteiger partial charge in [-0.2, -0.15) is 0 Å². The first kappa shape index (κ1) is 26.3. The average Bonchev–Trinajstić information content (AvgIpc) is 2.93. The smallest absolute Gasteiger partial charge is 0.338 e. The number of anilines is 1. The summed E-state index contributed by atoms with van der Waals surface area (Å²) in [6.07, 6.45) is 2.34. The fourth-order valence-corrected chi connectivity index (χ4v) is 3.95. The normalized spacial score (nSPS) is 10.6. The number of benzene rings is 3. The van der Waals surface area contributed by atoms with Gasteiger partial charge in [0, 0.05) is 36.0 Å². The SMILES string of the molecule is COC(=O)c1cc(F)cc(NC(=O)c2cccc(-c3cc(C(=O)Cc4ccncc4F)ccc3CN)c2)c1. The molecule has 0 bridgehead atoms. The van der Waals surface area contributed by atoms with E-state index in [4.69, 9.17) is 5.73 Å². The number of amides is 1. The Morgan fingerprint density at radius 3 is 2.47 bits per heavy atom. The fourth-order valence-electron chi connectivity index (χ4n) is 3.95. The van der Waals surface area contributed by atoms with Crippen molar-refractivity contribution >= 4 is 23.3 Å². The van der Waals surface area contributed by atoms with Crippen molar-refractivity contribution in [3.8, 4) is 11.1 Å². The van der Waals surface area contributed by atoms with Crippen LogP contribution in [0.3, 0.4) is 0 Å². The number of carbonyl (C=O) groups is 3. The van der Waals surface area contributed by atoms with E-state index in [1.807, 2.05) is 0 Å². The van der Waals surface area contributed by atoms with Crippen molar-refractivity contribution in [1.82, 2.24) is 4.98 Å². The van der Waals surface area contributed by atoms with Crippen LogP contribution in [0.4, 0.5) is 14.5 Å². The maximum Gasteiger partial charge on any atom is 0.338 e. The molecule has 9 heteroatoms. The van der Waals surface area contributed by atoms with E-state index in [1.54, 1.807) is 42.5 Å². The highest BCUT2D eigenvalue weighted by atomic mass is 19.1. The summed E-state index contributed by atoms with van der Waals surface area (Å²) in [5, 5.41) is 2.58. The summed E-state index contributed by atoms with van der Waals surface area (Å²) in [4.78, 5) is 41.3. The van der Waals surface area contributed by atoms with Crippen molar-refractivity contribution in [1.29, 1.82) is 0 Å². The molecule has 0 radical (unpaired) electrons.